The predicted octanol–water partition coefficient (Wildman–Crippen LogP) is 2.16. The van der Waals surface area contributed by atoms with E-state index in [4.69, 9.17) is 4.74 Å². The highest BCUT2D eigenvalue weighted by Crippen LogP contribution is 2.13. The number of esters is 1. The van der Waals surface area contributed by atoms with Crippen molar-refractivity contribution < 1.29 is 19.1 Å². The molecular weight excluding hydrogens is 270 g/mol. The van der Waals surface area contributed by atoms with Crippen molar-refractivity contribution in [3.8, 4) is 5.75 Å². The molecule has 5 heteroatoms. The fourth-order valence-corrected chi connectivity index (χ4v) is 1.75. The van der Waals surface area contributed by atoms with E-state index in [0.29, 0.717) is 13.1 Å². The maximum atomic E-state index is 12.1. The second kappa shape index (κ2) is 8.79. The van der Waals surface area contributed by atoms with Gasteiger partial charge in [0.25, 0.3) is 0 Å². The zero-order chi connectivity index (χ0) is 15.7. The average molecular weight is 291 g/mol. The number of hydrogen-bond acceptors (Lipinski definition) is 4. The summed E-state index contributed by atoms with van der Waals surface area (Å²) < 4.78 is 9.64. The maximum Gasteiger partial charge on any atom is 0.315 e. The topological polar surface area (TPSA) is 55.8 Å². The Morgan fingerprint density at radius 3 is 2.38 bits per heavy atom. The molecule has 0 aliphatic carbocycles. The smallest absolute Gasteiger partial charge is 0.315 e. The Bertz CT molecular complexity index is 494. The van der Waals surface area contributed by atoms with Gasteiger partial charge in [0.2, 0.25) is 5.91 Å². The highest BCUT2D eigenvalue weighted by Gasteiger charge is 2.17. The normalized spacial score (nSPS) is 10.4. The van der Waals surface area contributed by atoms with Crippen LogP contribution in [-0.2, 0) is 20.9 Å². The number of nitrogens with zero attached hydrogens (tertiary/aromatic N) is 1. The van der Waals surface area contributed by atoms with Gasteiger partial charge < -0.3 is 14.4 Å². The average Bonchev–Trinajstić information content (AvgIpc) is 2.51. The molecule has 21 heavy (non-hydrogen) atoms. The summed E-state index contributed by atoms with van der Waals surface area (Å²) in [7, 11) is 2.88. The van der Waals surface area contributed by atoms with Crippen LogP contribution in [0.4, 0.5) is 0 Å². The van der Waals surface area contributed by atoms with E-state index < -0.39 is 5.97 Å². The van der Waals surface area contributed by atoms with Crippen LogP contribution in [0.25, 0.3) is 0 Å². The van der Waals surface area contributed by atoms with Gasteiger partial charge in [-0.3, -0.25) is 9.59 Å². The SMILES string of the molecule is C/C=C\CN(Cc1ccc(OC)cc1)C(=O)CC(=O)OC. The summed E-state index contributed by atoms with van der Waals surface area (Å²) in [6, 6.07) is 7.47. The molecule has 0 heterocycles. The molecule has 0 fully saturated rings. The van der Waals surface area contributed by atoms with Crippen LogP contribution < -0.4 is 4.74 Å². The van der Waals surface area contributed by atoms with Gasteiger partial charge in [0.05, 0.1) is 14.2 Å². The number of carbonyl (C=O) groups is 2. The summed E-state index contributed by atoms with van der Waals surface area (Å²) in [5, 5.41) is 0. The lowest BCUT2D eigenvalue weighted by Gasteiger charge is -2.21. The van der Waals surface area contributed by atoms with Crippen LogP contribution in [0.5, 0.6) is 5.75 Å². The van der Waals surface area contributed by atoms with Gasteiger partial charge in [-0.15, -0.1) is 0 Å². The first-order valence-electron chi connectivity index (χ1n) is 6.69. The molecule has 1 rings (SSSR count). The third-order valence-corrected chi connectivity index (χ3v) is 2.97. The molecule has 0 N–H and O–H groups in total. The zero-order valence-corrected chi connectivity index (χ0v) is 12.7. The zero-order valence-electron chi connectivity index (χ0n) is 12.7. The first-order chi connectivity index (χ1) is 10.1. The van der Waals surface area contributed by atoms with Crippen LogP contribution in [0, 0.1) is 0 Å². The summed E-state index contributed by atoms with van der Waals surface area (Å²) in [6.07, 6.45) is 3.50. The number of allylic oxidation sites excluding steroid dienone is 1. The number of amides is 1. The molecule has 114 valence electrons. The Morgan fingerprint density at radius 2 is 1.86 bits per heavy atom. The van der Waals surface area contributed by atoms with Crippen molar-refractivity contribution in [3.05, 3.63) is 42.0 Å². The van der Waals surface area contributed by atoms with E-state index in [1.807, 2.05) is 43.3 Å². The largest absolute Gasteiger partial charge is 0.497 e. The van der Waals surface area contributed by atoms with E-state index in [1.165, 1.54) is 7.11 Å². The molecule has 1 amide bonds. The van der Waals surface area contributed by atoms with Crippen LogP contribution in [0.2, 0.25) is 0 Å². The third kappa shape index (κ3) is 5.69. The van der Waals surface area contributed by atoms with Gasteiger partial charge in [0.15, 0.2) is 0 Å². The number of carbonyl (C=O) groups excluding carboxylic acids is 2. The van der Waals surface area contributed by atoms with Crippen LogP contribution >= 0.6 is 0 Å². The molecule has 1 aromatic carbocycles. The molecule has 1 aromatic rings. The third-order valence-electron chi connectivity index (χ3n) is 2.97. The quantitative estimate of drug-likeness (QED) is 0.439. The van der Waals surface area contributed by atoms with Gasteiger partial charge in [-0.1, -0.05) is 24.3 Å². The molecule has 5 nitrogen and oxygen atoms in total. The van der Waals surface area contributed by atoms with E-state index in [0.717, 1.165) is 11.3 Å². The molecule has 0 saturated carbocycles. The van der Waals surface area contributed by atoms with Crippen LogP contribution in [0.15, 0.2) is 36.4 Å². The summed E-state index contributed by atoms with van der Waals surface area (Å²) in [5.41, 5.74) is 0.971. The first-order valence-corrected chi connectivity index (χ1v) is 6.69. The second-order valence-electron chi connectivity index (χ2n) is 4.44. The van der Waals surface area contributed by atoms with Gasteiger partial charge in [0.1, 0.15) is 12.2 Å². The van der Waals surface area contributed by atoms with Crippen LogP contribution in [0.1, 0.15) is 18.9 Å². The summed E-state index contributed by atoms with van der Waals surface area (Å²) in [5.74, 6) is -0.0179. The minimum absolute atomic E-state index is 0.246. The minimum Gasteiger partial charge on any atom is -0.497 e. The molecule has 0 bridgehead atoms. The Hall–Kier alpha value is -2.30. The minimum atomic E-state index is -0.528. The maximum absolute atomic E-state index is 12.1. The van der Waals surface area contributed by atoms with Gasteiger partial charge in [0, 0.05) is 13.1 Å². The van der Waals surface area contributed by atoms with Crippen molar-refractivity contribution >= 4 is 11.9 Å². The van der Waals surface area contributed by atoms with E-state index >= 15 is 0 Å². The van der Waals surface area contributed by atoms with Crippen LogP contribution in [0.3, 0.4) is 0 Å². The summed E-state index contributed by atoms with van der Waals surface area (Å²) >= 11 is 0. The van der Waals surface area contributed by atoms with Crippen molar-refractivity contribution in [2.45, 2.75) is 19.9 Å². The van der Waals surface area contributed by atoms with Crippen LogP contribution in [-0.4, -0.2) is 37.5 Å². The second-order valence-corrected chi connectivity index (χ2v) is 4.44. The Balaban J connectivity index is 2.76. The Kier molecular flexibility index (Phi) is 7.01. The van der Waals surface area contributed by atoms with E-state index in [-0.39, 0.29) is 12.3 Å². The first kappa shape index (κ1) is 16.8. The molecule has 0 aromatic heterocycles. The Morgan fingerprint density at radius 1 is 1.19 bits per heavy atom. The van der Waals surface area contributed by atoms with Gasteiger partial charge >= 0.3 is 5.97 Å². The molecular formula is C16H21NO4. The molecule has 0 saturated heterocycles. The van der Waals surface area contributed by atoms with Gasteiger partial charge in [-0.05, 0) is 24.6 Å². The van der Waals surface area contributed by atoms with Crippen molar-refractivity contribution in [1.82, 2.24) is 4.90 Å². The van der Waals surface area contributed by atoms with Crippen molar-refractivity contribution in [1.29, 1.82) is 0 Å². The van der Waals surface area contributed by atoms with E-state index in [1.54, 1.807) is 12.0 Å². The monoisotopic (exact) mass is 291 g/mol. The summed E-state index contributed by atoms with van der Waals surface area (Å²) in [6.45, 7) is 2.78. The fourth-order valence-electron chi connectivity index (χ4n) is 1.75. The van der Waals surface area contributed by atoms with Crippen molar-refractivity contribution in [3.63, 3.8) is 0 Å². The molecule has 0 atom stereocenters. The number of hydrogen-bond donors (Lipinski definition) is 0. The number of methoxy groups -OCH3 is 2. The van der Waals surface area contributed by atoms with Gasteiger partial charge in [-0.25, -0.2) is 0 Å². The van der Waals surface area contributed by atoms with Crippen molar-refractivity contribution in [2.24, 2.45) is 0 Å². The number of ether oxygens (including phenoxy) is 2. The fraction of sp³-hybridized carbons (Fsp3) is 0.375. The molecule has 0 spiro atoms. The number of benzene rings is 1. The molecule has 0 aliphatic heterocycles. The summed E-state index contributed by atoms with van der Waals surface area (Å²) in [4.78, 5) is 25.0. The standard InChI is InChI=1S/C16H21NO4/c1-4-5-10-17(15(18)11-16(19)21-3)12-13-6-8-14(20-2)9-7-13/h4-9H,10-12H2,1-3H3/b5-4-. The highest BCUT2D eigenvalue weighted by molar-refractivity contribution is 5.94. The highest BCUT2D eigenvalue weighted by atomic mass is 16.5. The molecule has 0 unspecified atom stereocenters. The number of rotatable bonds is 7. The van der Waals surface area contributed by atoms with E-state index in [9.17, 15) is 9.59 Å². The lowest BCUT2D eigenvalue weighted by atomic mass is 10.2. The lowest BCUT2D eigenvalue weighted by molar-refractivity contribution is -0.146. The lowest BCUT2D eigenvalue weighted by Crippen LogP contribution is -2.32. The molecule has 0 aliphatic rings. The molecule has 0 radical (unpaired) electrons. The Labute approximate surface area is 125 Å². The van der Waals surface area contributed by atoms with E-state index in [2.05, 4.69) is 4.74 Å². The van der Waals surface area contributed by atoms with Crippen molar-refractivity contribution in [2.75, 3.05) is 20.8 Å². The van der Waals surface area contributed by atoms with Gasteiger partial charge in [-0.2, -0.15) is 0 Å². The predicted molar refractivity (Wildman–Crippen MR) is 79.9 cm³/mol.